The average Bonchev–Trinajstić information content (AvgIpc) is 3.07. The topological polar surface area (TPSA) is 79.5 Å². The van der Waals surface area contributed by atoms with Gasteiger partial charge >= 0.3 is 0 Å². The highest BCUT2D eigenvalue weighted by molar-refractivity contribution is 6.00. The molecule has 1 aliphatic rings. The van der Waals surface area contributed by atoms with Crippen LogP contribution in [0.15, 0.2) is 28.8 Å². The zero-order chi connectivity index (χ0) is 17.2. The summed E-state index contributed by atoms with van der Waals surface area (Å²) < 4.78 is 5.23. The molecule has 24 heavy (non-hydrogen) atoms. The second-order valence-electron chi connectivity index (χ2n) is 6.50. The Morgan fingerprint density at radius 2 is 2.04 bits per heavy atom. The monoisotopic (exact) mass is 329 g/mol. The number of carbonyl (C=O) groups excluding carboxylic acids is 1. The van der Waals surface area contributed by atoms with Gasteiger partial charge in [-0.25, -0.2) is 0 Å². The number of hydrogen-bond acceptors (Lipinski definition) is 5. The molecular weight excluding hydrogens is 306 g/mol. The first-order valence-corrected chi connectivity index (χ1v) is 8.38. The third-order valence-electron chi connectivity index (χ3n) is 5.11. The summed E-state index contributed by atoms with van der Waals surface area (Å²) in [6.45, 7) is 5.35. The number of benzene rings is 1. The fourth-order valence-electron chi connectivity index (χ4n) is 3.24. The highest BCUT2D eigenvalue weighted by Crippen LogP contribution is 2.35. The fourth-order valence-corrected chi connectivity index (χ4v) is 3.24. The van der Waals surface area contributed by atoms with Crippen molar-refractivity contribution in [3.63, 3.8) is 0 Å². The molecular formula is C18H23N3O3. The van der Waals surface area contributed by atoms with Crippen molar-refractivity contribution >= 4 is 5.91 Å². The quantitative estimate of drug-likeness (QED) is 0.933. The van der Waals surface area contributed by atoms with Crippen molar-refractivity contribution in [2.45, 2.75) is 33.1 Å². The van der Waals surface area contributed by atoms with E-state index >= 15 is 0 Å². The number of piperidine rings is 1. The molecule has 0 bridgehead atoms. The summed E-state index contributed by atoms with van der Waals surface area (Å²) in [6, 6.07) is 7.32. The first-order chi connectivity index (χ1) is 11.6. The number of aliphatic hydroxyl groups excluding tert-OH is 1. The van der Waals surface area contributed by atoms with Crippen molar-refractivity contribution in [2.24, 2.45) is 5.41 Å². The van der Waals surface area contributed by atoms with Crippen molar-refractivity contribution in [3.8, 4) is 11.5 Å². The molecule has 2 heterocycles. The third-order valence-corrected chi connectivity index (χ3v) is 5.11. The number of aromatic nitrogens is 2. The van der Waals surface area contributed by atoms with Crippen LogP contribution >= 0.6 is 0 Å². The Morgan fingerprint density at radius 3 is 2.62 bits per heavy atom. The maximum atomic E-state index is 13.0. The molecule has 1 fully saturated rings. The molecule has 6 heteroatoms. The van der Waals surface area contributed by atoms with Gasteiger partial charge in [-0.15, -0.1) is 0 Å². The summed E-state index contributed by atoms with van der Waals surface area (Å²) in [5.41, 5.74) is 1.20. The first kappa shape index (κ1) is 16.6. The van der Waals surface area contributed by atoms with Crippen LogP contribution in [0.1, 0.15) is 42.4 Å². The van der Waals surface area contributed by atoms with Gasteiger partial charge in [0.1, 0.15) is 0 Å². The number of carbonyl (C=O) groups is 1. The number of aliphatic hydroxyl groups is 1. The molecule has 0 spiro atoms. The van der Waals surface area contributed by atoms with E-state index in [4.69, 9.17) is 4.52 Å². The standard InChI is InChI=1S/C18H23N3O3/c1-3-18(12-22)8-10-21(11-9-18)17(23)15-7-5-4-6-14(15)16-19-13(2)20-24-16/h4-7,22H,3,8-12H2,1-2H3. The van der Waals surface area contributed by atoms with E-state index in [0.29, 0.717) is 35.9 Å². The number of nitrogens with zero attached hydrogens (tertiary/aromatic N) is 3. The van der Waals surface area contributed by atoms with Gasteiger partial charge < -0.3 is 14.5 Å². The Hall–Kier alpha value is -2.21. The number of aryl methyl sites for hydroxylation is 1. The smallest absolute Gasteiger partial charge is 0.258 e. The van der Waals surface area contributed by atoms with Gasteiger partial charge in [-0.05, 0) is 43.7 Å². The van der Waals surface area contributed by atoms with Crippen molar-refractivity contribution in [3.05, 3.63) is 35.7 Å². The van der Waals surface area contributed by atoms with Gasteiger partial charge in [0, 0.05) is 19.7 Å². The molecule has 0 radical (unpaired) electrons. The summed E-state index contributed by atoms with van der Waals surface area (Å²) in [5.74, 6) is 0.886. The number of likely N-dealkylation sites (tertiary alicyclic amines) is 1. The van der Waals surface area contributed by atoms with Crippen molar-refractivity contribution in [1.82, 2.24) is 15.0 Å². The number of amides is 1. The van der Waals surface area contributed by atoms with Crippen LogP contribution in [0.5, 0.6) is 0 Å². The molecule has 1 saturated heterocycles. The van der Waals surface area contributed by atoms with E-state index in [-0.39, 0.29) is 17.9 Å². The highest BCUT2D eigenvalue weighted by atomic mass is 16.5. The lowest BCUT2D eigenvalue weighted by Gasteiger charge is -2.40. The molecule has 2 aromatic rings. The molecule has 1 aromatic heterocycles. The lowest BCUT2D eigenvalue weighted by molar-refractivity contribution is 0.0338. The second kappa shape index (κ2) is 6.73. The molecule has 6 nitrogen and oxygen atoms in total. The molecule has 0 aliphatic carbocycles. The van der Waals surface area contributed by atoms with E-state index < -0.39 is 0 Å². The SMILES string of the molecule is CCC1(CO)CCN(C(=O)c2ccccc2-c2nc(C)no2)CC1. The Balaban J connectivity index is 1.82. The normalized spacial score (nSPS) is 17.0. The van der Waals surface area contributed by atoms with Crippen LogP contribution in [0.25, 0.3) is 11.5 Å². The van der Waals surface area contributed by atoms with Gasteiger partial charge in [-0.3, -0.25) is 4.79 Å². The third kappa shape index (κ3) is 3.06. The predicted octanol–water partition coefficient (Wildman–Crippen LogP) is 2.67. The maximum absolute atomic E-state index is 13.0. The van der Waals surface area contributed by atoms with Crippen molar-refractivity contribution in [2.75, 3.05) is 19.7 Å². The zero-order valence-corrected chi connectivity index (χ0v) is 14.2. The van der Waals surface area contributed by atoms with Gasteiger partial charge in [0.2, 0.25) is 0 Å². The zero-order valence-electron chi connectivity index (χ0n) is 14.2. The highest BCUT2D eigenvalue weighted by Gasteiger charge is 2.34. The van der Waals surface area contributed by atoms with Crippen LogP contribution in [0.4, 0.5) is 0 Å². The van der Waals surface area contributed by atoms with E-state index in [1.165, 1.54) is 0 Å². The predicted molar refractivity (Wildman–Crippen MR) is 89.4 cm³/mol. The Labute approximate surface area is 141 Å². The molecule has 0 atom stereocenters. The van der Waals surface area contributed by atoms with Crippen LogP contribution < -0.4 is 0 Å². The molecule has 0 saturated carbocycles. The van der Waals surface area contributed by atoms with E-state index in [1.54, 1.807) is 13.0 Å². The largest absolute Gasteiger partial charge is 0.396 e. The summed E-state index contributed by atoms with van der Waals surface area (Å²) >= 11 is 0. The van der Waals surface area contributed by atoms with E-state index in [0.717, 1.165) is 19.3 Å². The first-order valence-electron chi connectivity index (χ1n) is 8.38. The molecule has 1 amide bonds. The van der Waals surface area contributed by atoms with Crippen LogP contribution in [-0.2, 0) is 0 Å². The van der Waals surface area contributed by atoms with Crippen LogP contribution in [0.3, 0.4) is 0 Å². The Bertz CT molecular complexity index is 712. The molecule has 1 N–H and O–H groups in total. The van der Waals surface area contributed by atoms with Gasteiger partial charge in [-0.1, -0.05) is 24.2 Å². The molecule has 0 unspecified atom stereocenters. The summed E-state index contributed by atoms with van der Waals surface area (Å²) in [7, 11) is 0. The molecule has 3 rings (SSSR count). The molecule has 1 aromatic carbocycles. The number of hydrogen-bond donors (Lipinski definition) is 1. The van der Waals surface area contributed by atoms with E-state index in [9.17, 15) is 9.90 Å². The lowest BCUT2D eigenvalue weighted by atomic mass is 9.77. The average molecular weight is 329 g/mol. The van der Waals surface area contributed by atoms with Gasteiger partial charge in [0.15, 0.2) is 5.82 Å². The second-order valence-corrected chi connectivity index (χ2v) is 6.50. The minimum absolute atomic E-state index is 0.0240. The molecule has 1 aliphatic heterocycles. The summed E-state index contributed by atoms with van der Waals surface area (Å²) in [4.78, 5) is 19.1. The van der Waals surface area contributed by atoms with Crippen LogP contribution in [0.2, 0.25) is 0 Å². The maximum Gasteiger partial charge on any atom is 0.258 e. The van der Waals surface area contributed by atoms with Gasteiger partial charge in [0.25, 0.3) is 11.8 Å². The van der Waals surface area contributed by atoms with Crippen LogP contribution in [-0.4, -0.2) is 45.8 Å². The fraction of sp³-hybridized carbons (Fsp3) is 0.500. The van der Waals surface area contributed by atoms with Gasteiger partial charge in [-0.2, -0.15) is 4.98 Å². The van der Waals surface area contributed by atoms with E-state index in [1.807, 2.05) is 23.1 Å². The molecule has 128 valence electrons. The lowest BCUT2D eigenvalue weighted by Crippen LogP contribution is -2.44. The Morgan fingerprint density at radius 1 is 1.33 bits per heavy atom. The summed E-state index contributed by atoms with van der Waals surface area (Å²) in [5, 5.41) is 13.5. The van der Waals surface area contributed by atoms with E-state index in [2.05, 4.69) is 17.1 Å². The van der Waals surface area contributed by atoms with Gasteiger partial charge in [0.05, 0.1) is 11.1 Å². The van der Waals surface area contributed by atoms with Crippen LogP contribution in [0, 0.1) is 12.3 Å². The Kier molecular flexibility index (Phi) is 4.66. The summed E-state index contributed by atoms with van der Waals surface area (Å²) in [6.07, 6.45) is 2.59. The minimum atomic E-state index is -0.0418. The van der Waals surface area contributed by atoms with Crippen molar-refractivity contribution < 1.29 is 14.4 Å². The minimum Gasteiger partial charge on any atom is -0.396 e. The van der Waals surface area contributed by atoms with Crippen molar-refractivity contribution in [1.29, 1.82) is 0 Å². The number of rotatable bonds is 4.